The molecular weight excluding hydrogens is 248 g/mol. The second-order valence-electron chi connectivity index (χ2n) is 4.18. The number of anilines is 1. The summed E-state index contributed by atoms with van der Waals surface area (Å²) >= 11 is 1.41. The van der Waals surface area contributed by atoms with Crippen LogP contribution >= 0.6 is 11.3 Å². The Bertz CT molecular complexity index is 602. The lowest BCUT2D eigenvalue weighted by Crippen LogP contribution is -2.11. The number of nitrogens with zero attached hydrogens (tertiary/aromatic N) is 2. The molecule has 2 aromatic heterocycles. The Hall–Kier alpha value is -1.69. The maximum Gasteiger partial charge on any atom is 0.258 e. The Kier molecular flexibility index (Phi) is 3.76. The van der Waals surface area contributed by atoms with Crippen molar-refractivity contribution < 1.29 is 0 Å². The molecule has 0 saturated heterocycles. The predicted octanol–water partition coefficient (Wildman–Crippen LogP) is 2.33. The van der Waals surface area contributed by atoms with E-state index >= 15 is 0 Å². The normalized spacial score (nSPS) is 10.6. The zero-order chi connectivity index (χ0) is 13.1. The molecule has 0 aliphatic rings. The Morgan fingerprint density at radius 1 is 1.39 bits per heavy atom. The molecule has 2 heterocycles. The highest BCUT2D eigenvalue weighted by atomic mass is 32.1. The molecule has 0 bridgehead atoms. The third-order valence-electron chi connectivity index (χ3n) is 2.53. The largest absolute Gasteiger partial charge is 0.360 e. The van der Waals surface area contributed by atoms with Crippen LogP contribution < -0.4 is 10.9 Å². The van der Waals surface area contributed by atoms with Crippen LogP contribution in [0.2, 0.25) is 0 Å². The Morgan fingerprint density at radius 3 is 2.83 bits per heavy atom. The molecule has 0 radical (unpaired) electrons. The first-order valence-electron chi connectivity index (χ1n) is 5.90. The summed E-state index contributed by atoms with van der Waals surface area (Å²) in [5, 5.41) is 12.7. The van der Waals surface area contributed by atoms with Crippen LogP contribution in [0.15, 0.2) is 10.9 Å². The minimum atomic E-state index is -0.106. The standard InChI is InChI=1S/C12H16N4OS/c1-4-5-13-12-16-15-11(18-12)9-7(2)6-8(3)14-10(9)17/h6H,4-5H2,1-3H3,(H,13,16)(H,14,17). The lowest BCUT2D eigenvalue weighted by Gasteiger charge is -2.01. The fourth-order valence-electron chi connectivity index (χ4n) is 1.75. The fraction of sp³-hybridized carbons (Fsp3) is 0.417. The second-order valence-corrected chi connectivity index (χ2v) is 5.16. The third-order valence-corrected chi connectivity index (χ3v) is 3.43. The number of aromatic nitrogens is 3. The van der Waals surface area contributed by atoms with Crippen molar-refractivity contribution in [2.45, 2.75) is 27.2 Å². The molecule has 6 heteroatoms. The van der Waals surface area contributed by atoms with E-state index in [0.717, 1.165) is 29.4 Å². The summed E-state index contributed by atoms with van der Waals surface area (Å²) in [7, 11) is 0. The molecule has 0 fully saturated rings. The van der Waals surface area contributed by atoms with Crippen LogP contribution in [0.3, 0.4) is 0 Å². The summed E-state index contributed by atoms with van der Waals surface area (Å²) in [4.78, 5) is 14.7. The summed E-state index contributed by atoms with van der Waals surface area (Å²) in [6, 6.07) is 1.94. The molecule has 2 N–H and O–H groups in total. The van der Waals surface area contributed by atoms with E-state index in [1.165, 1.54) is 11.3 Å². The highest BCUT2D eigenvalue weighted by Crippen LogP contribution is 2.26. The van der Waals surface area contributed by atoms with Crippen molar-refractivity contribution in [2.24, 2.45) is 0 Å². The molecule has 0 unspecified atom stereocenters. The van der Waals surface area contributed by atoms with Crippen LogP contribution in [0, 0.1) is 13.8 Å². The molecule has 0 amide bonds. The first-order valence-corrected chi connectivity index (χ1v) is 6.71. The second kappa shape index (κ2) is 5.30. The zero-order valence-electron chi connectivity index (χ0n) is 10.7. The van der Waals surface area contributed by atoms with E-state index in [9.17, 15) is 4.79 Å². The number of pyridine rings is 1. The van der Waals surface area contributed by atoms with Gasteiger partial charge in [-0.3, -0.25) is 4.79 Å². The molecule has 2 rings (SSSR count). The van der Waals surface area contributed by atoms with E-state index < -0.39 is 0 Å². The van der Waals surface area contributed by atoms with Gasteiger partial charge in [0.25, 0.3) is 5.56 Å². The fourth-order valence-corrected chi connectivity index (χ4v) is 2.62. The summed E-state index contributed by atoms with van der Waals surface area (Å²) < 4.78 is 0. The van der Waals surface area contributed by atoms with Crippen LogP contribution in [0.1, 0.15) is 24.6 Å². The Morgan fingerprint density at radius 2 is 2.17 bits per heavy atom. The van der Waals surface area contributed by atoms with Gasteiger partial charge < -0.3 is 10.3 Å². The van der Waals surface area contributed by atoms with Crippen molar-refractivity contribution in [3.63, 3.8) is 0 Å². The van der Waals surface area contributed by atoms with Gasteiger partial charge in [-0.15, -0.1) is 10.2 Å². The molecule has 0 spiro atoms. The van der Waals surface area contributed by atoms with Gasteiger partial charge in [0.1, 0.15) is 0 Å². The van der Waals surface area contributed by atoms with Gasteiger partial charge in [0.05, 0.1) is 5.56 Å². The first kappa shape index (κ1) is 12.8. The Labute approximate surface area is 109 Å². The van der Waals surface area contributed by atoms with Gasteiger partial charge in [-0.1, -0.05) is 18.3 Å². The molecular formula is C12H16N4OS. The summed E-state index contributed by atoms with van der Waals surface area (Å²) in [6.07, 6.45) is 1.03. The predicted molar refractivity (Wildman–Crippen MR) is 74.2 cm³/mol. The monoisotopic (exact) mass is 264 g/mol. The zero-order valence-corrected chi connectivity index (χ0v) is 11.5. The number of nitrogens with one attached hydrogen (secondary N) is 2. The van der Waals surface area contributed by atoms with E-state index in [0.29, 0.717) is 10.6 Å². The summed E-state index contributed by atoms with van der Waals surface area (Å²) in [5.74, 6) is 0. The maximum absolute atomic E-state index is 11.9. The van der Waals surface area contributed by atoms with Crippen molar-refractivity contribution in [2.75, 3.05) is 11.9 Å². The van der Waals surface area contributed by atoms with Crippen LogP contribution in [0.5, 0.6) is 0 Å². The van der Waals surface area contributed by atoms with Crippen molar-refractivity contribution in [3.05, 3.63) is 27.7 Å². The topological polar surface area (TPSA) is 70.7 Å². The molecule has 0 saturated carbocycles. The molecule has 2 aromatic rings. The number of H-pyrrole nitrogens is 1. The van der Waals surface area contributed by atoms with Gasteiger partial charge >= 0.3 is 0 Å². The van der Waals surface area contributed by atoms with E-state index in [1.54, 1.807) is 0 Å². The van der Waals surface area contributed by atoms with E-state index in [-0.39, 0.29) is 5.56 Å². The van der Waals surface area contributed by atoms with Crippen molar-refractivity contribution in [3.8, 4) is 10.6 Å². The van der Waals surface area contributed by atoms with E-state index in [4.69, 9.17) is 0 Å². The van der Waals surface area contributed by atoms with Crippen LogP contribution in [-0.4, -0.2) is 21.7 Å². The number of aromatic amines is 1. The molecule has 0 atom stereocenters. The molecule has 5 nitrogen and oxygen atoms in total. The van der Waals surface area contributed by atoms with Gasteiger partial charge in [-0.25, -0.2) is 0 Å². The third kappa shape index (κ3) is 2.59. The highest BCUT2D eigenvalue weighted by molar-refractivity contribution is 7.18. The molecule has 96 valence electrons. The average Bonchev–Trinajstić information content (AvgIpc) is 2.73. The average molecular weight is 264 g/mol. The van der Waals surface area contributed by atoms with Crippen molar-refractivity contribution >= 4 is 16.5 Å². The SMILES string of the molecule is CCCNc1nnc(-c2c(C)cc(C)[nH]c2=O)s1. The van der Waals surface area contributed by atoms with Crippen LogP contribution in [0.4, 0.5) is 5.13 Å². The van der Waals surface area contributed by atoms with Gasteiger partial charge in [0.2, 0.25) is 5.13 Å². The quantitative estimate of drug-likeness (QED) is 0.889. The van der Waals surface area contributed by atoms with Crippen LogP contribution in [-0.2, 0) is 0 Å². The number of hydrogen-bond donors (Lipinski definition) is 2. The number of rotatable bonds is 4. The molecule has 0 aliphatic carbocycles. The van der Waals surface area contributed by atoms with Gasteiger partial charge in [0, 0.05) is 12.2 Å². The number of hydrogen-bond acceptors (Lipinski definition) is 5. The smallest absolute Gasteiger partial charge is 0.258 e. The molecule has 0 aliphatic heterocycles. The molecule has 18 heavy (non-hydrogen) atoms. The highest BCUT2D eigenvalue weighted by Gasteiger charge is 2.13. The van der Waals surface area contributed by atoms with Crippen LogP contribution in [0.25, 0.3) is 10.6 Å². The summed E-state index contributed by atoms with van der Waals surface area (Å²) in [6.45, 7) is 6.73. The van der Waals surface area contributed by atoms with Crippen molar-refractivity contribution in [1.29, 1.82) is 0 Å². The van der Waals surface area contributed by atoms with E-state index in [1.807, 2.05) is 19.9 Å². The van der Waals surface area contributed by atoms with E-state index in [2.05, 4.69) is 27.4 Å². The van der Waals surface area contributed by atoms with Crippen molar-refractivity contribution in [1.82, 2.24) is 15.2 Å². The summed E-state index contributed by atoms with van der Waals surface area (Å²) in [5.41, 5.74) is 2.29. The van der Waals surface area contributed by atoms with Gasteiger partial charge in [0.15, 0.2) is 5.01 Å². The Balaban J connectivity index is 2.37. The number of aryl methyl sites for hydroxylation is 2. The van der Waals surface area contributed by atoms with Gasteiger partial charge in [-0.05, 0) is 31.9 Å². The molecule has 0 aromatic carbocycles. The maximum atomic E-state index is 11.9. The lowest BCUT2D eigenvalue weighted by atomic mass is 10.1. The minimum Gasteiger partial charge on any atom is -0.360 e. The minimum absolute atomic E-state index is 0.106. The van der Waals surface area contributed by atoms with Gasteiger partial charge in [-0.2, -0.15) is 0 Å². The first-order chi connectivity index (χ1) is 8.61. The lowest BCUT2D eigenvalue weighted by molar-refractivity contribution is 0.963.